The van der Waals surface area contributed by atoms with Crippen molar-refractivity contribution >= 4 is 0 Å². The standard InChI is InChI=1S/C7H14O2/c1-8-7(9-2)5-3-4-6-7/h3-6H2,1-2H3. The van der Waals surface area contributed by atoms with Crippen LogP contribution in [0.2, 0.25) is 0 Å². The second kappa shape index (κ2) is 2.67. The molecule has 54 valence electrons. The zero-order chi connectivity index (χ0) is 6.74. The third kappa shape index (κ3) is 1.25. The van der Waals surface area contributed by atoms with E-state index in [-0.39, 0.29) is 5.79 Å². The molecule has 1 fully saturated rings. The van der Waals surface area contributed by atoms with Crippen LogP contribution < -0.4 is 0 Å². The van der Waals surface area contributed by atoms with Gasteiger partial charge < -0.3 is 9.47 Å². The maximum atomic E-state index is 5.23. The van der Waals surface area contributed by atoms with Gasteiger partial charge in [-0.05, 0) is 12.8 Å². The van der Waals surface area contributed by atoms with E-state index in [0.29, 0.717) is 0 Å². The Hall–Kier alpha value is -0.0800. The van der Waals surface area contributed by atoms with Crippen molar-refractivity contribution in [1.82, 2.24) is 0 Å². The summed E-state index contributed by atoms with van der Waals surface area (Å²) in [6, 6.07) is 0. The van der Waals surface area contributed by atoms with Crippen LogP contribution in [0.3, 0.4) is 0 Å². The average Bonchev–Trinajstić information content (AvgIpc) is 2.36. The lowest BCUT2D eigenvalue weighted by Crippen LogP contribution is -2.29. The number of hydrogen-bond acceptors (Lipinski definition) is 2. The fourth-order valence-electron chi connectivity index (χ4n) is 1.41. The van der Waals surface area contributed by atoms with Gasteiger partial charge in [0.1, 0.15) is 0 Å². The molecule has 2 heteroatoms. The van der Waals surface area contributed by atoms with Gasteiger partial charge in [0.25, 0.3) is 0 Å². The molecule has 0 N–H and O–H groups in total. The minimum atomic E-state index is -0.222. The van der Waals surface area contributed by atoms with E-state index in [0.717, 1.165) is 12.8 Å². The van der Waals surface area contributed by atoms with E-state index in [9.17, 15) is 0 Å². The van der Waals surface area contributed by atoms with Crippen LogP contribution in [-0.2, 0) is 9.47 Å². The first-order valence-corrected chi connectivity index (χ1v) is 3.43. The Morgan fingerprint density at radius 1 is 1.00 bits per heavy atom. The molecule has 0 amide bonds. The highest BCUT2D eigenvalue weighted by Gasteiger charge is 2.32. The Balaban J connectivity index is 2.45. The Bertz CT molecular complexity index is 78.9. The van der Waals surface area contributed by atoms with Crippen LogP contribution in [0, 0.1) is 0 Å². The highest BCUT2D eigenvalue weighted by molar-refractivity contribution is 4.75. The van der Waals surface area contributed by atoms with Crippen molar-refractivity contribution in [3.63, 3.8) is 0 Å². The Kier molecular flexibility index (Phi) is 2.09. The average molecular weight is 130 g/mol. The Morgan fingerprint density at radius 3 is 1.67 bits per heavy atom. The quantitative estimate of drug-likeness (QED) is 0.528. The van der Waals surface area contributed by atoms with Gasteiger partial charge in [-0.1, -0.05) is 0 Å². The third-order valence-corrected chi connectivity index (χ3v) is 2.11. The summed E-state index contributed by atoms with van der Waals surface area (Å²) in [5.41, 5.74) is 0. The largest absolute Gasteiger partial charge is 0.353 e. The zero-order valence-corrected chi connectivity index (χ0v) is 6.14. The van der Waals surface area contributed by atoms with E-state index in [1.165, 1.54) is 12.8 Å². The van der Waals surface area contributed by atoms with Crippen LogP contribution in [-0.4, -0.2) is 20.0 Å². The molecule has 0 heterocycles. The first kappa shape index (κ1) is 7.03. The molecule has 2 nitrogen and oxygen atoms in total. The van der Waals surface area contributed by atoms with Crippen molar-refractivity contribution in [1.29, 1.82) is 0 Å². The molecule has 1 aliphatic rings. The van der Waals surface area contributed by atoms with Crippen molar-refractivity contribution in [2.45, 2.75) is 31.5 Å². The van der Waals surface area contributed by atoms with E-state index in [1.807, 2.05) is 0 Å². The topological polar surface area (TPSA) is 18.5 Å². The molecule has 9 heavy (non-hydrogen) atoms. The van der Waals surface area contributed by atoms with E-state index in [2.05, 4.69) is 0 Å². The SMILES string of the molecule is COC1(OC)CCCC1. The molecule has 1 rings (SSSR count). The molecular formula is C7H14O2. The maximum absolute atomic E-state index is 5.23. The summed E-state index contributed by atoms with van der Waals surface area (Å²) in [5, 5.41) is 0. The summed E-state index contributed by atoms with van der Waals surface area (Å²) in [7, 11) is 3.43. The minimum absolute atomic E-state index is 0.222. The molecule has 0 saturated heterocycles. The molecule has 1 aliphatic carbocycles. The summed E-state index contributed by atoms with van der Waals surface area (Å²) in [5.74, 6) is -0.222. The summed E-state index contributed by atoms with van der Waals surface area (Å²) in [6.07, 6.45) is 4.59. The molecule has 0 aromatic carbocycles. The third-order valence-electron chi connectivity index (χ3n) is 2.11. The maximum Gasteiger partial charge on any atom is 0.167 e. The van der Waals surface area contributed by atoms with Crippen LogP contribution in [0.5, 0.6) is 0 Å². The summed E-state index contributed by atoms with van der Waals surface area (Å²) in [4.78, 5) is 0. The molecule has 0 unspecified atom stereocenters. The van der Waals surface area contributed by atoms with Crippen LogP contribution >= 0.6 is 0 Å². The van der Waals surface area contributed by atoms with Gasteiger partial charge in [-0.3, -0.25) is 0 Å². The second-order valence-corrected chi connectivity index (χ2v) is 2.53. The minimum Gasteiger partial charge on any atom is -0.353 e. The lowest BCUT2D eigenvalue weighted by molar-refractivity contribution is -0.200. The summed E-state index contributed by atoms with van der Waals surface area (Å²) >= 11 is 0. The zero-order valence-electron chi connectivity index (χ0n) is 6.14. The number of rotatable bonds is 2. The normalized spacial score (nSPS) is 24.7. The fraction of sp³-hybridized carbons (Fsp3) is 1.00. The lowest BCUT2D eigenvalue weighted by Gasteiger charge is -2.24. The molecule has 0 aromatic heterocycles. The van der Waals surface area contributed by atoms with Crippen molar-refractivity contribution < 1.29 is 9.47 Å². The predicted molar refractivity (Wildman–Crippen MR) is 35.2 cm³/mol. The van der Waals surface area contributed by atoms with Crippen LogP contribution in [0.4, 0.5) is 0 Å². The Morgan fingerprint density at radius 2 is 1.44 bits per heavy atom. The number of hydrogen-bond donors (Lipinski definition) is 0. The summed E-state index contributed by atoms with van der Waals surface area (Å²) < 4.78 is 10.5. The number of ether oxygens (including phenoxy) is 2. The van der Waals surface area contributed by atoms with E-state index >= 15 is 0 Å². The lowest BCUT2D eigenvalue weighted by atomic mass is 10.2. The number of methoxy groups -OCH3 is 2. The second-order valence-electron chi connectivity index (χ2n) is 2.53. The van der Waals surface area contributed by atoms with Crippen molar-refractivity contribution in [3.8, 4) is 0 Å². The Labute approximate surface area is 56.2 Å². The van der Waals surface area contributed by atoms with Gasteiger partial charge in [0.2, 0.25) is 0 Å². The molecular weight excluding hydrogens is 116 g/mol. The van der Waals surface area contributed by atoms with E-state index in [4.69, 9.17) is 9.47 Å². The monoisotopic (exact) mass is 130 g/mol. The highest BCUT2D eigenvalue weighted by atomic mass is 16.7. The smallest absolute Gasteiger partial charge is 0.167 e. The molecule has 0 aromatic rings. The van der Waals surface area contributed by atoms with Gasteiger partial charge in [0, 0.05) is 27.1 Å². The van der Waals surface area contributed by atoms with Crippen LogP contribution in [0.25, 0.3) is 0 Å². The first-order valence-electron chi connectivity index (χ1n) is 3.43. The predicted octanol–water partition coefficient (Wildman–Crippen LogP) is 1.55. The van der Waals surface area contributed by atoms with E-state index in [1.54, 1.807) is 14.2 Å². The highest BCUT2D eigenvalue weighted by Crippen LogP contribution is 2.32. The molecule has 1 saturated carbocycles. The first-order chi connectivity index (χ1) is 4.33. The van der Waals surface area contributed by atoms with Crippen molar-refractivity contribution in [2.24, 2.45) is 0 Å². The fourth-order valence-corrected chi connectivity index (χ4v) is 1.41. The molecule has 0 aliphatic heterocycles. The van der Waals surface area contributed by atoms with Crippen molar-refractivity contribution in [2.75, 3.05) is 14.2 Å². The van der Waals surface area contributed by atoms with Gasteiger partial charge in [-0.15, -0.1) is 0 Å². The van der Waals surface area contributed by atoms with Crippen LogP contribution in [0.1, 0.15) is 25.7 Å². The molecule has 0 spiro atoms. The van der Waals surface area contributed by atoms with Gasteiger partial charge in [0.15, 0.2) is 5.79 Å². The van der Waals surface area contributed by atoms with Crippen molar-refractivity contribution in [3.05, 3.63) is 0 Å². The van der Waals surface area contributed by atoms with Gasteiger partial charge in [-0.25, -0.2) is 0 Å². The van der Waals surface area contributed by atoms with E-state index < -0.39 is 0 Å². The molecule has 0 atom stereocenters. The van der Waals surface area contributed by atoms with Gasteiger partial charge in [0.05, 0.1) is 0 Å². The molecule has 0 radical (unpaired) electrons. The molecule has 0 bridgehead atoms. The van der Waals surface area contributed by atoms with Crippen LogP contribution in [0.15, 0.2) is 0 Å². The van der Waals surface area contributed by atoms with Gasteiger partial charge in [-0.2, -0.15) is 0 Å². The summed E-state index contributed by atoms with van der Waals surface area (Å²) in [6.45, 7) is 0. The van der Waals surface area contributed by atoms with Gasteiger partial charge >= 0.3 is 0 Å².